The van der Waals surface area contributed by atoms with E-state index in [1.54, 1.807) is 0 Å². The standard InChI is InChI=1S/C16H22O/c1-4-7-8-15(6-3)13-17-16-11-9-14(5-2)10-12-16/h2,9-12,15H,4,6-8,13H2,1,3H3. The van der Waals surface area contributed by atoms with Crippen molar-refractivity contribution in [1.82, 2.24) is 0 Å². The average molecular weight is 230 g/mol. The Morgan fingerprint density at radius 2 is 1.94 bits per heavy atom. The summed E-state index contributed by atoms with van der Waals surface area (Å²) in [4.78, 5) is 0. The molecule has 1 heteroatoms. The second kappa shape index (κ2) is 7.79. The minimum Gasteiger partial charge on any atom is -0.493 e. The van der Waals surface area contributed by atoms with Crippen LogP contribution in [-0.4, -0.2) is 6.61 Å². The number of terminal acetylenes is 1. The van der Waals surface area contributed by atoms with Crippen LogP contribution >= 0.6 is 0 Å². The van der Waals surface area contributed by atoms with Crippen molar-refractivity contribution in [1.29, 1.82) is 0 Å². The van der Waals surface area contributed by atoms with Gasteiger partial charge in [-0.2, -0.15) is 0 Å². The van der Waals surface area contributed by atoms with Crippen LogP contribution in [0.3, 0.4) is 0 Å². The van der Waals surface area contributed by atoms with Gasteiger partial charge in [0.15, 0.2) is 0 Å². The lowest BCUT2D eigenvalue weighted by atomic mass is 10.0. The second-order valence-corrected chi connectivity index (χ2v) is 4.40. The fraction of sp³-hybridized carbons (Fsp3) is 0.500. The van der Waals surface area contributed by atoms with E-state index >= 15 is 0 Å². The smallest absolute Gasteiger partial charge is 0.119 e. The maximum Gasteiger partial charge on any atom is 0.119 e. The van der Waals surface area contributed by atoms with Gasteiger partial charge in [0.2, 0.25) is 0 Å². The molecule has 0 fully saturated rings. The lowest BCUT2D eigenvalue weighted by Gasteiger charge is -2.15. The Balaban J connectivity index is 2.40. The largest absolute Gasteiger partial charge is 0.493 e. The Morgan fingerprint density at radius 3 is 2.47 bits per heavy atom. The van der Waals surface area contributed by atoms with Crippen LogP contribution in [-0.2, 0) is 0 Å². The molecule has 0 N–H and O–H groups in total. The number of rotatable bonds is 7. The third-order valence-corrected chi connectivity index (χ3v) is 3.05. The van der Waals surface area contributed by atoms with Crippen molar-refractivity contribution in [3.63, 3.8) is 0 Å². The fourth-order valence-electron chi connectivity index (χ4n) is 1.76. The molecule has 0 spiro atoms. The Bertz CT molecular complexity index is 345. The molecule has 1 nitrogen and oxygen atoms in total. The van der Waals surface area contributed by atoms with Crippen molar-refractivity contribution in [2.45, 2.75) is 39.5 Å². The van der Waals surface area contributed by atoms with Crippen LogP contribution in [0.25, 0.3) is 0 Å². The Labute approximate surface area is 105 Å². The molecular weight excluding hydrogens is 208 g/mol. The van der Waals surface area contributed by atoms with E-state index in [0.717, 1.165) is 17.9 Å². The summed E-state index contributed by atoms with van der Waals surface area (Å²) in [6.45, 7) is 5.27. The summed E-state index contributed by atoms with van der Waals surface area (Å²) in [5.41, 5.74) is 0.898. The van der Waals surface area contributed by atoms with Gasteiger partial charge in [0.25, 0.3) is 0 Å². The van der Waals surface area contributed by atoms with E-state index in [1.165, 1.54) is 25.7 Å². The van der Waals surface area contributed by atoms with Crippen LogP contribution < -0.4 is 4.74 Å². The Hall–Kier alpha value is -1.42. The summed E-state index contributed by atoms with van der Waals surface area (Å²) in [6.07, 6.45) is 10.3. The Kier molecular flexibility index (Phi) is 6.25. The molecule has 92 valence electrons. The highest BCUT2D eigenvalue weighted by Crippen LogP contribution is 2.17. The molecule has 17 heavy (non-hydrogen) atoms. The van der Waals surface area contributed by atoms with Crippen molar-refractivity contribution in [3.8, 4) is 18.1 Å². The third kappa shape index (κ3) is 4.95. The first kappa shape index (κ1) is 13.6. The fourth-order valence-corrected chi connectivity index (χ4v) is 1.76. The lowest BCUT2D eigenvalue weighted by molar-refractivity contribution is 0.233. The SMILES string of the molecule is C#Cc1ccc(OCC(CC)CCCC)cc1. The molecule has 0 saturated carbocycles. The zero-order valence-corrected chi connectivity index (χ0v) is 10.9. The molecule has 0 amide bonds. The molecule has 0 aliphatic rings. The van der Waals surface area contributed by atoms with Crippen LogP contribution in [0.1, 0.15) is 45.1 Å². The highest BCUT2D eigenvalue weighted by atomic mass is 16.5. The van der Waals surface area contributed by atoms with Gasteiger partial charge in [0, 0.05) is 5.56 Å². The monoisotopic (exact) mass is 230 g/mol. The summed E-state index contributed by atoms with van der Waals surface area (Å²) in [6, 6.07) is 7.73. The highest BCUT2D eigenvalue weighted by molar-refractivity contribution is 5.36. The van der Waals surface area contributed by atoms with Gasteiger partial charge in [-0.25, -0.2) is 0 Å². The highest BCUT2D eigenvalue weighted by Gasteiger charge is 2.06. The molecule has 0 saturated heterocycles. The summed E-state index contributed by atoms with van der Waals surface area (Å²) >= 11 is 0. The predicted octanol–water partition coefficient (Wildman–Crippen LogP) is 4.26. The zero-order valence-electron chi connectivity index (χ0n) is 10.9. The van der Waals surface area contributed by atoms with Crippen LogP contribution in [0.2, 0.25) is 0 Å². The zero-order chi connectivity index (χ0) is 12.5. The molecule has 0 aliphatic carbocycles. The molecule has 1 rings (SSSR count). The van der Waals surface area contributed by atoms with Crippen LogP contribution in [0.5, 0.6) is 5.75 Å². The maximum atomic E-state index is 5.79. The van der Waals surface area contributed by atoms with E-state index in [0.29, 0.717) is 5.92 Å². The number of unbranched alkanes of at least 4 members (excludes halogenated alkanes) is 1. The molecule has 0 heterocycles. The third-order valence-electron chi connectivity index (χ3n) is 3.05. The van der Waals surface area contributed by atoms with Gasteiger partial charge in [-0.15, -0.1) is 6.42 Å². The molecular formula is C16H22O. The number of hydrogen-bond acceptors (Lipinski definition) is 1. The molecule has 1 aromatic carbocycles. The van der Waals surface area contributed by atoms with E-state index in [2.05, 4.69) is 19.8 Å². The summed E-state index contributed by atoms with van der Waals surface area (Å²) < 4.78 is 5.79. The summed E-state index contributed by atoms with van der Waals surface area (Å²) in [5.74, 6) is 4.19. The van der Waals surface area contributed by atoms with E-state index in [4.69, 9.17) is 11.2 Å². The van der Waals surface area contributed by atoms with Gasteiger partial charge in [-0.3, -0.25) is 0 Å². The molecule has 1 unspecified atom stereocenters. The molecule has 0 aliphatic heterocycles. The normalized spacial score (nSPS) is 11.8. The first-order chi connectivity index (χ1) is 8.30. The van der Waals surface area contributed by atoms with Crippen molar-refractivity contribution in [2.24, 2.45) is 5.92 Å². The van der Waals surface area contributed by atoms with Gasteiger partial charge >= 0.3 is 0 Å². The van der Waals surface area contributed by atoms with Gasteiger partial charge in [-0.05, 0) is 36.6 Å². The minimum atomic E-state index is 0.669. The predicted molar refractivity (Wildman–Crippen MR) is 73.2 cm³/mol. The number of hydrogen-bond donors (Lipinski definition) is 0. The Morgan fingerprint density at radius 1 is 1.24 bits per heavy atom. The van der Waals surface area contributed by atoms with Crippen molar-refractivity contribution in [2.75, 3.05) is 6.61 Å². The van der Waals surface area contributed by atoms with Gasteiger partial charge in [0.05, 0.1) is 6.61 Å². The molecule has 1 atom stereocenters. The maximum absolute atomic E-state index is 5.79. The van der Waals surface area contributed by atoms with Gasteiger partial charge in [0.1, 0.15) is 5.75 Å². The number of ether oxygens (including phenoxy) is 1. The molecule has 1 aromatic rings. The summed E-state index contributed by atoms with van der Waals surface area (Å²) in [5, 5.41) is 0. The quantitative estimate of drug-likeness (QED) is 0.636. The first-order valence-corrected chi connectivity index (χ1v) is 6.49. The van der Waals surface area contributed by atoms with E-state index in [9.17, 15) is 0 Å². The summed E-state index contributed by atoms with van der Waals surface area (Å²) in [7, 11) is 0. The van der Waals surface area contributed by atoms with Crippen LogP contribution in [0.15, 0.2) is 24.3 Å². The van der Waals surface area contributed by atoms with Crippen molar-refractivity contribution >= 4 is 0 Å². The molecule has 0 aromatic heterocycles. The number of benzene rings is 1. The average Bonchev–Trinajstić information content (AvgIpc) is 2.39. The second-order valence-electron chi connectivity index (χ2n) is 4.40. The van der Waals surface area contributed by atoms with E-state index in [1.807, 2.05) is 24.3 Å². The lowest BCUT2D eigenvalue weighted by Crippen LogP contribution is -2.11. The first-order valence-electron chi connectivity index (χ1n) is 6.49. The van der Waals surface area contributed by atoms with Gasteiger partial charge < -0.3 is 4.74 Å². The van der Waals surface area contributed by atoms with Crippen LogP contribution in [0, 0.1) is 18.3 Å². The van der Waals surface area contributed by atoms with Crippen LogP contribution in [0.4, 0.5) is 0 Å². The van der Waals surface area contributed by atoms with E-state index < -0.39 is 0 Å². The van der Waals surface area contributed by atoms with E-state index in [-0.39, 0.29) is 0 Å². The molecule has 0 bridgehead atoms. The minimum absolute atomic E-state index is 0.669. The van der Waals surface area contributed by atoms with Crippen molar-refractivity contribution < 1.29 is 4.74 Å². The molecule has 0 radical (unpaired) electrons. The van der Waals surface area contributed by atoms with Crippen molar-refractivity contribution in [3.05, 3.63) is 29.8 Å². The van der Waals surface area contributed by atoms with Gasteiger partial charge in [-0.1, -0.05) is 39.0 Å². The topological polar surface area (TPSA) is 9.23 Å².